The van der Waals surface area contributed by atoms with Crippen LogP contribution in [0.5, 0.6) is 5.75 Å². The second kappa shape index (κ2) is 8.00. The van der Waals surface area contributed by atoms with Gasteiger partial charge in [0, 0.05) is 17.5 Å². The molecule has 1 aromatic carbocycles. The van der Waals surface area contributed by atoms with Crippen molar-refractivity contribution >= 4 is 17.7 Å². The second-order valence-electron chi connectivity index (χ2n) is 3.95. The summed E-state index contributed by atoms with van der Waals surface area (Å²) in [5.41, 5.74) is 0. The van der Waals surface area contributed by atoms with Gasteiger partial charge in [-0.2, -0.15) is 0 Å². The van der Waals surface area contributed by atoms with Gasteiger partial charge < -0.3 is 15.2 Å². The van der Waals surface area contributed by atoms with Crippen LogP contribution in [0, 0.1) is 0 Å². The molecule has 1 atom stereocenters. The van der Waals surface area contributed by atoms with Crippen LogP contribution in [0.3, 0.4) is 0 Å². The number of ether oxygens (including phenoxy) is 1. The monoisotopic (exact) mass is 269 g/mol. The van der Waals surface area contributed by atoms with Crippen molar-refractivity contribution in [2.75, 3.05) is 19.5 Å². The van der Waals surface area contributed by atoms with Crippen molar-refractivity contribution in [1.82, 2.24) is 5.32 Å². The summed E-state index contributed by atoms with van der Waals surface area (Å²) in [6.07, 6.45) is 0.582. The van der Waals surface area contributed by atoms with Gasteiger partial charge in [-0.05, 0) is 37.6 Å². The Morgan fingerprint density at radius 2 is 2.11 bits per heavy atom. The molecule has 0 heterocycles. The maximum Gasteiger partial charge on any atom is 0.230 e. The number of aliphatic hydroxyl groups excluding tert-OH is 1. The minimum Gasteiger partial charge on any atom is -0.497 e. The van der Waals surface area contributed by atoms with E-state index in [-0.39, 0.29) is 18.6 Å². The smallest absolute Gasteiger partial charge is 0.230 e. The van der Waals surface area contributed by atoms with Gasteiger partial charge in [-0.3, -0.25) is 4.79 Å². The van der Waals surface area contributed by atoms with Crippen LogP contribution in [0.2, 0.25) is 0 Å². The highest BCUT2D eigenvalue weighted by atomic mass is 32.2. The van der Waals surface area contributed by atoms with Crippen molar-refractivity contribution in [3.05, 3.63) is 24.3 Å². The Morgan fingerprint density at radius 3 is 2.67 bits per heavy atom. The Morgan fingerprint density at radius 1 is 1.44 bits per heavy atom. The van der Waals surface area contributed by atoms with Gasteiger partial charge >= 0.3 is 0 Å². The van der Waals surface area contributed by atoms with E-state index in [9.17, 15) is 4.79 Å². The molecular weight excluding hydrogens is 250 g/mol. The third kappa shape index (κ3) is 5.42. The molecule has 100 valence electrons. The number of thioether (sulfide) groups is 1. The molecular formula is C13H19NO3S. The second-order valence-corrected chi connectivity index (χ2v) is 4.99. The molecule has 0 radical (unpaired) electrons. The number of carbonyl (C=O) groups excluding carboxylic acids is 1. The molecule has 1 unspecified atom stereocenters. The van der Waals surface area contributed by atoms with Crippen LogP contribution in [0.1, 0.15) is 13.3 Å². The molecule has 0 saturated carbocycles. The largest absolute Gasteiger partial charge is 0.497 e. The lowest BCUT2D eigenvalue weighted by atomic mass is 10.2. The van der Waals surface area contributed by atoms with E-state index in [0.29, 0.717) is 12.2 Å². The molecule has 0 aliphatic carbocycles. The fourth-order valence-electron chi connectivity index (χ4n) is 1.40. The highest BCUT2D eigenvalue weighted by molar-refractivity contribution is 8.00. The molecule has 1 rings (SSSR count). The van der Waals surface area contributed by atoms with Gasteiger partial charge in [0.2, 0.25) is 5.91 Å². The standard InChI is InChI=1S/C13H19NO3S/c1-10(7-8-15)14-13(16)9-18-12-5-3-11(17-2)4-6-12/h3-6,10,15H,7-9H2,1-2H3,(H,14,16). The van der Waals surface area contributed by atoms with E-state index in [4.69, 9.17) is 9.84 Å². The highest BCUT2D eigenvalue weighted by Gasteiger charge is 2.07. The number of nitrogens with one attached hydrogen (secondary N) is 1. The molecule has 1 amide bonds. The van der Waals surface area contributed by atoms with Crippen LogP contribution >= 0.6 is 11.8 Å². The van der Waals surface area contributed by atoms with Gasteiger partial charge in [0.25, 0.3) is 0 Å². The summed E-state index contributed by atoms with van der Waals surface area (Å²) >= 11 is 1.48. The Labute approximate surface area is 112 Å². The first-order valence-electron chi connectivity index (χ1n) is 5.82. The Hall–Kier alpha value is -1.20. The van der Waals surface area contributed by atoms with E-state index >= 15 is 0 Å². The lowest BCUT2D eigenvalue weighted by molar-refractivity contribution is -0.119. The zero-order valence-electron chi connectivity index (χ0n) is 10.7. The first-order chi connectivity index (χ1) is 8.65. The minimum absolute atomic E-state index is 0.0129. The van der Waals surface area contributed by atoms with E-state index in [1.54, 1.807) is 7.11 Å². The predicted octanol–water partition coefficient (Wildman–Crippen LogP) is 1.67. The topological polar surface area (TPSA) is 58.6 Å². The van der Waals surface area contributed by atoms with Gasteiger partial charge in [0.1, 0.15) is 5.75 Å². The third-order valence-corrected chi connectivity index (χ3v) is 3.41. The molecule has 4 nitrogen and oxygen atoms in total. The Balaban J connectivity index is 2.33. The molecule has 1 aromatic rings. The molecule has 0 saturated heterocycles. The molecule has 18 heavy (non-hydrogen) atoms. The number of rotatable bonds is 7. The zero-order valence-corrected chi connectivity index (χ0v) is 11.5. The van der Waals surface area contributed by atoms with Crippen molar-refractivity contribution in [3.63, 3.8) is 0 Å². The summed E-state index contributed by atoms with van der Waals surface area (Å²) in [6.45, 7) is 1.97. The van der Waals surface area contributed by atoms with E-state index in [0.717, 1.165) is 10.6 Å². The molecule has 0 bridgehead atoms. The highest BCUT2D eigenvalue weighted by Crippen LogP contribution is 2.20. The number of hydrogen-bond donors (Lipinski definition) is 2. The molecule has 0 aliphatic heterocycles. The number of amides is 1. The van der Waals surface area contributed by atoms with Crippen molar-refractivity contribution in [3.8, 4) is 5.75 Å². The van der Waals surface area contributed by atoms with Crippen LogP contribution in [-0.2, 0) is 4.79 Å². The van der Waals surface area contributed by atoms with E-state index < -0.39 is 0 Å². The van der Waals surface area contributed by atoms with Crippen LogP contribution in [0.25, 0.3) is 0 Å². The molecule has 2 N–H and O–H groups in total. The van der Waals surface area contributed by atoms with Crippen molar-refractivity contribution in [1.29, 1.82) is 0 Å². The average Bonchev–Trinajstić information content (AvgIpc) is 2.37. The summed E-state index contributed by atoms with van der Waals surface area (Å²) in [7, 11) is 1.62. The van der Waals surface area contributed by atoms with Gasteiger partial charge in [-0.1, -0.05) is 0 Å². The summed E-state index contributed by atoms with van der Waals surface area (Å²) in [4.78, 5) is 12.6. The van der Waals surface area contributed by atoms with Crippen LogP contribution in [0.4, 0.5) is 0 Å². The van der Waals surface area contributed by atoms with Crippen molar-refractivity contribution < 1.29 is 14.6 Å². The SMILES string of the molecule is COc1ccc(SCC(=O)NC(C)CCO)cc1. The summed E-state index contributed by atoms with van der Waals surface area (Å²) < 4.78 is 5.06. The van der Waals surface area contributed by atoms with Crippen LogP contribution < -0.4 is 10.1 Å². The van der Waals surface area contributed by atoms with Crippen molar-refractivity contribution in [2.45, 2.75) is 24.3 Å². The van der Waals surface area contributed by atoms with Gasteiger partial charge in [0.15, 0.2) is 0 Å². The Kier molecular flexibility index (Phi) is 6.60. The first-order valence-corrected chi connectivity index (χ1v) is 6.81. The summed E-state index contributed by atoms with van der Waals surface area (Å²) in [5, 5.41) is 11.6. The van der Waals surface area contributed by atoms with Gasteiger partial charge in [-0.15, -0.1) is 11.8 Å². The van der Waals surface area contributed by atoms with Crippen LogP contribution in [-0.4, -0.2) is 36.5 Å². The molecule has 0 aliphatic rings. The fraction of sp³-hybridized carbons (Fsp3) is 0.462. The number of methoxy groups -OCH3 is 1. The normalized spacial score (nSPS) is 11.9. The number of hydrogen-bond acceptors (Lipinski definition) is 4. The minimum atomic E-state index is -0.0169. The molecule has 0 spiro atoms. The zero-order chi connectivity index (χ0) is 13.4. The first kappa shape index (κ1) is 14.9. The average molecular weight is 269 g/mol. The molecule has 0 aromatic heterocycles. The van der Waals surface area contributed by atoms with E-state index in [2.05, 4.69) is 5.32 Å². The quantitative estimate of drug-likeness (QED) is 0.739. The maximum absolute atomic E-state index is 11.6. The number of aliphatic hydroxyl groups is 1. The van der Waals surface area contributed by atoms with E-state index in [1.165, 1.54) is 11.8 Å². The number of carbonyl (C=O) groups is 1. The van der Waals surface area contributed by atoms with Gasteiger partial charge in [-0.25, -0.2) is 0 Å². The Bertz CT molecular complexity index is 367. The van der Waals surface area contributed by atoms with Crippen LogP contribution in [0.15, 0.2) is 29.2 Å². The summed E-state index contributed by atoms with van der Waals surface area (Å²) in [5.74, 6) is 1.17. The third-order valence-electron chi connectivity index (χ3n) is 2.40. The van der Waals surface area contributed by atoms with Crippen molar-refractivity contribution in [2.24, 2.45) is 0 Å². The van der Waals surface area contributed by atoms with Gasteiger partial charge in [0.05, 0.1) is 12.9 Å². The lowest BCUT2D eigenvalue weighted by Gasteiger charge is -2.12. The molecule has 0 fully saturated rings. The lowest BCUT2D eigenvalue weighted by Crippen LogP contribution is -2.34. The number of benzene rings is 1. The fourth-order valence-corrected chi connectivity index (χ4v) is 2.11. The predicted molar refractivity (Wildman–Crippen MR) is 73.0 cm³/mol. The molecule has 5 heteroatoms. The summed E-state index contributed by atoms with van der Waals surface area (Å²) in [6, 6.07) is 7.60. The van der Waals surface area contributed by atoms with E-state index in [1.807, 2.05) is 31.2 Å². The maximum atomic E-state index is 11.6.